The molecule has 35 heavy (non-hydrogen) atoms. The third kappa shape index (κ3) is 4.50. The van der Waals surface area contributed by atoms with Gasteiger partial charge < -0.3 is 29.0 Å². The molecule has 1 aliphatic heterocycles. The van der Waals surface area contributed by atoms with Crippen LogP contribution in [0.1, 0.15) is 0 Å². The Kier molecular flexibility index (Phi) is 6.24. The summed E-state index contributed by atoms with van der Waals surface area (Å²) >= 11 is 0. The van der Waals surface area contributed by atoms with E-state index in [0.29, 0.717) is 33.9 Å². The van der Waals surface area contributed by atoms with Crippen molar-refractivity contribution in [3.63, 3.8) is 0 Å². The molecule has 1 aliphatic rings. The van der Waals surface area contributed by atoms with Crippen molar-refractivity contribution in [2.45, 2.75) is 0 Å². The number of hydrogen-bond donors (Lipinski definition) is 1. The number of rotatable bonds is 6. The van der Waals surface area contributed by atoms with Gasteiger partial charge in [0.25, 0.3) is 5.56 Å². The maximum Gasteiger partial charge on any atom is 0.264 e. The van der Waals surface area contributed by atoms with Gasteiger partial charge >= 0.3 is 0 Å². The lowest BCUT2D eigenvalue weighted by Crippen LogP contribution is -2.36. The number of pyridine rings is 1. The van der Waals surface area contributed by atoms with E-state index in [4.69, 9.17) is 19.2 Å². The van der Waals surface area contributed by atoms with Gasteiger partial charge in [0.05, 0.1) is 45.0 Å². The molecule has 0 saturated carbocycles. The highest BCUT2D eigenvalue weighted by Gasteiger charge is 2.16. The van der Waals surface area contributed by atoms with Crippen molar-refractivity contribution in [1.82, 2.24) is 14.5 Å². The van der Waals surface area contributed by atoms with Crippen LogP contribution in [0, 0.1) is 0 Å². The van der Waals surface area contributed by atoms with Crippen LogP contribution in [0.3, 0.4) is 0 Å². The number of morpholine rings is 1. The summed E-state index contributed by atoms with van der Waals surface area (Å²) in [4.78, 5) is 24.6. The number of fused-ring (bicyclic) bond motifs is 1. The monoisotopic (exact) mass is 473 g/mol. The molecule has 9 heteroatoms. The molecule has 3 heterocycles. The number of aryl methyl sites for hydroxylation is 1. The number of ether oxygens (including phenoxy) is 3. The highest BCUT2D eigenvalue weighted by molar-refractivity contribution is 5.93. The second-order valence-electron chi connectivity index (χ2n) is 8.25. The van der Waals surface area contributed by atoms with E-state index in [-0.39, 0.29) is 5.56 Å². The molecule has 4 aromatic rings. The topological polar surface area (TPSA) is 90.7 Å². The van der Waals surface area contributed by atoms with Crippen LogP contribution >= 0.6 is 0 Å². The van der Waals surface area contributed by atoms with Gasteiger partial charge in [0, 0.05) is 37.1 Å². The Morgan fingerprint density at radius 2 is 1.71 bits per heavy atom. The molecule has 2 aromatic heterocycles. The average Bonchev–Trinajstić information content (AvgIpc) is 2.91. The van der Waals surface area contributed by atoms with Crippen LogP contribution in [0.25, 0.3) is 22.2 Å². The zero-order chi connectivity index (χ0) is 24.4. The summed E-state index contributed by atoms with van der Waals surface area (Å²) in [6, 6.07) is 15.5. The van der Waals surface area contributed by atoms with Crippen LogP contribution in [0.5, 0.6) is 11.5 Å². The molecule has 1 N–H and O–H groups in total. The summed E-state index contributed by atoms with van der Waals surface area (Å²) in [5.74, 6) is 1.67. The minimum atomic E-state index is -0.172. The number of nitrogens with zero attached hydrogens (tertiary/aromatic N) is 4. The van der Waals surface area contributed by atoms with Crippen LogP contribution in [-0.2, 0) is 11.8 Å². The van der Waals surface area contributed by atoms with E-state index >= 15 is 0 Å². The van der Waals surface area contributed by atoms with E-state index in [1.807, 2.05) is 36.4 Å². The molecule has 1 saturated heterocycles. The third-order valence-electron chi connectivity index (χ3n) is 6.09. The van der Waals surface area contributed by atoms with E-state index in [9.17, 15) is 4.79 Å². The van der Waals surface area contributed by atoms with Crippen molar-refractivity contribution in [2.75, 3.05) is 50.7 Å². The number of methoxy groups -OCH3 is 2. The highest BCUT2D eigenvalue weighted by atomic mass is 16.5. The Bertz CT molecular complexity index is 1410. The van der Waals surface area contributed by atoms with Crippen LogP contribution in [0.15, 0.2) is 59.7 Å². The van der Waals surface area contributed by atoms with Gasteiger partial charge in [0.1, 0.15) is 11.2 Å². The van der Waals surface area contributed by atoms with Crippen LogP contribution in [-0.4, -0.2) is 55.1 Å². The molecular weight excluding hydrogens is 446 g/mol. The van der Waals surface area contributed by atoms with Crippen molar-refractivity contribution < 1.29 is 14.2 Å². The summed E-state index contributed by atoms with van der Waals surface area (Å²) < 4.78 is 17.7. The highest BCUT2D eigenvalue weighted by Crippen LogP contribution is 2.34. The molecule has 0 atom stereocenters. The lowest BCUT2D eigenvalue weighted by atomic mass is 10.1. The van der Waals surface area contributed by atoms with Crippen molar-refractivity contribution in [1.29, 1.82) is 0 Å². The van der Waals surface area contributed by atoms with E-state index < -0.39 is 0 Å². The first kappa shape index (κ1) is 22.7. The molecule has 0 spiro atoms. The minimum absolute atomic E-state index is 0.172. The Morgan fingerprint density at radius 1 is 0.971 bits per heavy atom. The van der Waals surface area contributed by atoms with Crippen molar-refractivity contribution >= 4 is 28.1 Å². The first-order chi connectivity index (χ1) is 17.1. The fraction of sp³-hybridized carbons (Fsp3) is 0.269. The zero-order valence-electron chi connectivity index (χ0n) is 19.9. The number of nitrogens with one attached hydrogen (secondary N) is 1. The number of benzene rings is 2. The van der Waals surface area contributed by atoms with Gasteiger partial charge in [0.2, 0.25) is 0 Å². The lowest BCUT2D eigenvalue weighted by molar-refractivity contribution is 0.122. The van der Waals surface area contributed by atoms with Crippen LogP contribution in [0.2, 0.25) is 0 Å². The maximum absolute atomic E-state index is 13.0. The normalized spacial score (nSPS) is 13.6. The molecule has 2 aromatic carbocycles. The maximum atomic E-state index is 13.0. The predicted molar refractivity (Wildman–Crippen MR) is 136 cm³/mol. The SMILES string of the molecule is COc1ccc(-c2cc3ncn(C)c(=O)c3c(Nc3ccc(N4CCOCC4)cc3)n2)cc1OC. The molecule has 0 aliphatic carbocycles. The molecule has 180 valence electrons. The van der Waals surface area contributed by atoms with E-state index in [1.165, 1.54) is 10.9 Å². The smallest absolute Gasteiger partial charge is 0.264 e. The zero-order valence-corrected chi connectivity index (χ0v) is 19.9. The number of hydrogen-bond acceptors (Lipinski definition) is 8. The second kappa shape index (κ2) is 9.63. The summed E-state index contributed by atoms with van der Waals surface area (Å²) in [6.45, 7) is 3.20. The van der Waals surface area contributed by atoms with Crippen LogP contribution in [0.4, 0.5) is 17.2 Å². The van der Waals surface area contributed by atoms with Gasteiger partial charge in [0.15, 0.2) is 11.5 Å². The van der Waals surface area contributed by atoms with Gasteiger partial charge in [-0.3, -0.25) is 4.79 Å². The summed E-state index contributed by atoms with van der Waals surface area (Å²) in [6.07, 6.45) is 1.52. The predicted octanol–water partition coefficient (Wildman–Crippen LogP) is 3.59. The fourth-order valence-electron chi connectivity index (χ4n) is 4.17. The van der Waals surface area contributed by atoms with Gasteiger partial charge in [-0.25, -0.2) is 9.97 Å². The molecule has 0 radical (unpaired) electrons. The molecule has 0 unspecified atom stereocenters. The quantitative estimate of drug-likeness (QED) is 0.454. The Labute approximate surface area is 202 Å². The Balaban J connectivity index is 1.56. The van der Waals surface area contributed by atoms with Gasteiger partial charge in [-0.1, -0.05) is 0 Å². The van der Waals surface area contributed by atoms with Gasteiger partial charge in [-0.15, -0.1) is 0 Å². The molecule has 9 nitrogen and oxygen atoms in total. The first-order valence-corrected chi connectivity index (χ1v) is 11.4. The summed E-state index contributed by atoms with van der Waals surface area (Å²) in [7, 11) is 4.87. The van der Waals surface area contributed by atoms with E-state index in [1.54, 1.807) is 21.3 Å². The van der Waals surface area contributed by atoms with E-state index in [0.717, 1.165) is 43.2 Å². The van der Waals surface area contributed by atoms with Crippen molar-refractivity contribution in [3.05, 3.63) is 65.2 Å². The molecule has 5 rings (SSSR count). The Hall–Kier alpha value is -4.11. The summed E-state index contributed by atoms with van der Waals surface area (Å²) in [5.41, 5.74) is 3.82. The van der Waals surface area contributed by atoms with E-state index in [2.05, 4.69) is 27.3 Å². The average molecular weight is 474 g/mol. The molecule has 0 amide bonds. The Morgan fingerprint density at radius 3 is 2.43 bits per heavy atom. The van der Waals surface area contributed by atoms with Crippen molar-refractivity contribution in [3.8, 4) is 22.8 Å². The standard InChI is InChI=1S/C26H27N5O4/c1-30-16-27-21-15-20(17-4-9-22(33-2)23(14-17)34-3)29-25(24(21)26(30)32)28-18-5-7-19(8-6-18)31-10-12-35-13-11-31/h4-9,14-16H,10-13H2,1-3H3,(H,28,29). The number of aromatic nitrogens is 3. The first-order valence-electron chi connectivity index (χ1n) is 11.4. The molecule has 1 fully saturated rings. The summed E-state index contributed by atoms with van der Waals surface area (Å²) in [5, 5.41) is 3.77. The van der Waals surface area contributed by atoms with Gasteiger partial charge in [-0.2, -0.15) is 0 Å². The van der Waals surface area contributed by atoms with Crippen molar-refractivity contribution in [2.24, 2.45) is 7.05 Å². The molecule has 0 bridgehead atoms. The fourth-order valence-corrected chi connectivity index (χ4v) is 4.17. The van der Waals surface area contributed by atoms with Gasteiger partial charge in [-0.05, 0) is 48.5 Å². The van der Waals surface area contributed by atoms with Crippen LogP contribution < -0.4 is 25.2 Å². The lowest BCUT2D eigenvalue weighted by Gasteiger charge is -2.28. The third-order valence-corrected chi connectivity index (χ3v) is 6.09. The number of anilines is 3. The largest absolute Gasteiger partial charge is 0.493 e. The minimum Gasteiger partial charge on any atom is -0.493 e. The second-order valence-corrected chi connectivity index (χ2v) is 8.25. The molecular formula is C26H27N5O4.